The third kappa shape index (κ3) is 6.58. The van der Waals surface area contributed by atoms with Crippen LogP contribution in [0.15, 0.2) is 0 Å². The molecule has 1 aliphatic rings. The Kier molecular flexibility index (Phi) is 5.64. The summed E-state index contributed by atoms with van der Waals surface area (Å²) in [5.41, 5.74) is 0. The normalized spacial score (nSPS) is 23.4. The van der Waals surface area contributed by atoms with E-state index in [1.807, 2.05) is 0 Å². The van der Waals surface area contributed by atoms with Gasteiger partial charge in [-0.05, 0) is 20.3 Å². The van der Waals surface area contributed by atoms with Gasteiger partial charge in [0.2, 0.25) is 0 Å². The van der Waals surface area contributed by atoms with Gasteiger partial charge in [-0.15, -0.1) is 0 Å². The van der Waals surface area contributed by atoms with Crippen LogP contribution in [0.5, 0.6) is 0 Å². The van der Waals surface area contributed by atoms with Crippen LogP contribution in [0.4, 0.5) is 13.2 Å². The van der Waals surface area contributed by atoms with Crippen LogP contribution in [-0.2, 0) is 9.84 Å². The molecule has 1 rings (SSSR count). The number of rotatable bonds is 6. The molecule has 1 N–H and O–H groups in total. The molecule has 1 heterocycles. The minimum atomic E-state index is -4.21. The van der Waals surface area contributed by atoms with E-state index in [4.69, 9.17) is 0 Å². The molecule has 0 aromatic heterocycles. The second-order valence-electron chi connectivity index (χ2n) is 5.23. The molecule has 1 fully saturated rings. The average Bonchev–Trinajstić information content (AvgIpc) is 2.55. The predicted octanol–water partition coefficient (Wildman–Crippen LogP) is 1.04. The quantitative estimate of drug-likeness (QED) is 0.796. The number of nitrogens with zero attached hydrogens (tertiary/aromatic N) is 1. The topological polar surface area (TPSA) is 49.4 Å². The van der Waals surface area contributed by atoms with Crippen molar-refractivity contribution in [1.29, 1.82) is 0 Å². The van der Waals surface area contributed by atoms with E-state index in [1.54, 1.807) is 13.8 Å². The Bertz CT molecular complexity index is 382. The molecule has 0 aromatic rings. The van der Waals surface area contributed by atoms with Crippen LogP contribution in [0.1, 0.15) is 20.3 Å². The summed E-state index contributed by atoms with van der Waals surface area (Å²) in [6.07, 6.45) is -3.66. The van der Waals surface area contributed by atoms with E-state index in [1.165, 1.54) is 4.90 Å². The fraction of sp³-hybridized carbons (Fsp3) is 1.00. The predicted molar refractivity (Wildman–Crippen MR) is 67.8 cm³/mol. The Morgan fingerprint density at radius 3 is 2.42 bits per heavy atom. The number of alkyl halides is 3. The molecule has 1 atom stereocenters. The van der Waals surface area contributed by atoms with Crippen LogP contribution in [0.3, 0.4) is 0 Å². The minimum absolute atomic E-state index is 0.0912. The van der Waals surface area contributed by atoms with Gasteiger partial charge in [0.1, 0.15) is 0 Å². The van der Waals surface area contributed by atoms with Crippen LogP contribution >= 0.6 is 0 Å². The van der Waals surface area contributed by atoms with Gasteiger partial charge in [0.25, 0.3) is 0 Å². The summed E-state index contributed by atoms with van der Waals surface area (Å²) in [6.45, 7) is 3.12. The number of sulfone groups is 1. The lowest BCUT2D eigenvalue weighted by Gasteiger charge is -2.28. The van der Waals surface area contributed by atoms with Crippen LogP contribution in [-0.4, -0.2) is 62.7 Å². The van der Waals surface area contributed by atoms with Crippen LogP contribution in [0.25, 0.3) is 0 Å². The average molecular weight is 302 g/mol. The Morgan fingerprint density at radius 2 is 2.00 bits per heavy atom. The highest BCUT2D eigenvalue weighted by atomic mass is 32.2. The third-order valence-electron chi connectivity index (χ3n) is 3.18. The van der Waals surface area contributed by atoms with Crippen molar-refractivity contribution in [3.8, 4) is 0 Å². The molecule has 4 nitrogen and oxygen atoms in total. The molecule has 0 bridgehead atoms. The highest BCUT2D eigenvalue weighted by Crippen LogP contribution is 2.17. The molecule has 0 amide bonds. The molecule has 114 valence electrons. The van der Waals surface area contributed by atoms with Crippen molar-refractivity contribution in [2.24, 2.45) is 0 Å². The number of nitrogens with one attached hydrogen (secondary N) is 1. The molecular weight excluding hydrogens is 281 g/mol. The van der Waals surface area contributed by atoms with E-state index >= 15 is 0 Å². The summed E-state index contributed by atoms with van der Waals surface area (Å²) < 4.78 is 59.5. The zero-order valence-electron chi connectivity index (χ0n) is 11.2. The maximum absolute atomic E-state index is 12.4. The zero-order valence-corrected chi connectivity index (χ0v) is 12.0. The lowest BCUT2D eigenvalue weighted by atomic mass is 10.2. The van der Waals surface area contributed by atoms with Gasteiger partial charge >= 0.3 is 6.18 Å². The summed E-state index contributed by atoms with van der Waals surface area (Å²) >= 11 is 0. The lowest BCUT2D eigenvalue weighted by molar-refractivity contribution is -0.149. The van der Waals surface area contributed by atoms with E-state index in [0.29, 0.717) is 13.0 Å². The molecule has 0 aromatic carbocycles. The van der Waals surface area contributed by atoms with Crippen molar-refractivity contribution in [1.82, 2.24) is 10.2 Å². The molecule has 19 heavy (non-hydrogen) atoms. The molecule has 1 unspecified atom stereocenters. The van der Waals surface area contributed by atoms with Gasteiger partial charge in [-0.3, -0.25) is 4.90 Å². The van der Waals surface area contributed by atoms with Crippen LogP contribution < -0.4 is 5.32 Å². The van der Waals surface area contributed by atoms with E-state index in [-0.39, 0.29) is 30.1 Å². The van der Waals surface area contributed by atoms with E-state index in [2.05, 4.69) is 5.32 Å². The molecular formula is C11H21F3N2O2S. The van der Waals surface area contributed by atoms with Gasteiger partial charge in [0.15, 0.2) is 9.84 Å². The van der Waals surface area contributed by atoms with Crippen LogP contribution in [0, 0.1) is 0 Å². The van der Waals surface area contributed by atoms with Gasteiger partial charge in [-0.1, -0.05) is 0 Å². The molecule has 0 aliphatic carbocycles. The van der Waals surface area contributed by atoms with Crippen molar-refractivity contribution in [3.05, 3.63) is 0 Å². The Balaban J connectivity index is 2.33. The summed E-state index contributed by atoms with van der Waals surface area (Å²) in [4.78, 5) is 1.33. The summed E-state index contributed by atoms with van der Waals surface area (Å²) in [5, 5.41) is 3.02. The first-order valence-corrected chi connectivity index (χ1v) is 8.16. The summed E-state index contributed by atoms with van der Waals surface area (Å²) in [5.74, 6) is 0.259. The Hall–Kier alpha value is -0.340. The highest BCUT2D eigenvalue weighted by molar-refractivity contribution is 7.91. The maximum atomic E-state index is 12.4. The smallest absolute Gasteiger partial charge is 0.312 e. The molecule has 1 aliphatic heterocycles. The molecule has 0 spiro atoms. The number of hydrogen-bond donors (Lipinski definition) is 1. The van der Waals surface area contributed by atoms with Gasteiger partial charge in [0.05, 0.1) is 18.1 Å². The van der Waals surface area contributed by atoms with Gasteiger partial charge in [-0.25, -0.2) is 8.42 Å². The number of halogens is 3. The lowest BCUT2D eigenvalue weighted by Crippen LogP contribution is -2.44. The highest BCUT2D eigenvalue weighted by Gasteiger charge is 2.32. The van der Waals surface area contributed by atoms with E-state index < -0.39 is 22.6 Å². The third-order valence-corrected chi connectivity index (χ3v) is 4.95. The first kappa shape index (κ1) is 16.7. The maximum Gasteiger partial charge on any atom is 0.401 e. The molecule has 0 saturated carbocycles. The fourth-order valence-corrected chi connectivity index (χ4v) is 3.83. The number of hydrogen-bond acceptors (Lipinski definition) is 4. The minimum Gasteiger partial charge on any atom is -0.312 e. The van der Waals surface area contributed by atoms with E-state index in [0.717, 1.165) is 0 Å². The first-order chi connectivity index (χ1) is 8.59. The monoisotopic (exact) mass is 302 g/mol. The standard InChI is InChI=1S/C11H21F3N2O2S/c1-9(2)16(8-11(12,13)14)5-4-15-10-3-6-19(17,18)7-10/h9-10,15H,3-8H2,1-2H3. The van der Waals surface area contributed by atoms with Crippen molar-refractivity contribution < 1.29 is 21.6 Å². The van der Waals surface area contributed by atoms with Gasteiger partial charge in [-0.2, -0.15) is 13.2 Å². The zero-order chi connectivity index (χ0) is 14.7. The first-order valence-electron chi connectivity index (χ1n) is 6.34. The van der Waals surface area contributed by atoms with E-state index in [9.17, 15) is 21.6 Å². The van der Waals surface area contributed by atoms with Crippen molar-refractivity contribution >= 4 is 9.84 Å². The molecule has 8 heteroatoms. The second kappa shape index (κ2) is 6.41. The Morgan fingerprint density at radius 1 is 1.37 bits per heavy atom. The van der Waals surface area contributed by atoms with Crippen molar-refractivity contribution in [3.63, 3.8) is 0 Å². The van der Waals surface area contributed by atoms with Crippen molar-refractivity contribution in [2.75, 3.05) is 31.1 Å². The summed E-state index contributed by atoms with van der Waals surface area (Å²) in [7, 11) is -2.95. The fourth-order valence-electron chi connectivity index (χ4n) is 2.12. The summed E-state index contributed by atoms with van der Waals surface area (Å²) in [6, 6.07) is -0.319. The van der Waals surface area contributed by atoms with Crippen molar-refractivity contribution in [2.45, 2.75) is 38.5 Å². The Labute approximate surface area is 112 Å². The largest absolute Gasteiger partial charge is 0.401 e. The second-order valence-corrected chi connectivity index (χ2v) is 7.46. The molecule has 1 saturated heterocycles. The van der Waals surface area contributed by atoms with Gasteiger partial charge in [0, 0.05) is 25.2 Å². The SMILES string of the molecule is CC(C)N(CCNC1CCS(=O)(=O)C1)CC(F)(F)F. The van der Waals surface area contributed by atoms with Crippen LogP contribution in [0.2, 0.25) is 0 Å². The van der Waals surface area contributed by atoms with Gasteiger partial charge < -0.3 is 5.32 Å². The molecule has 0 radical (unpaired) electrons.